The summed E-state index contributed by atoms with van der Waals surface area (Å²) in [6.07, 6.45) is 1.88. The largest absolute Gasteiger partial charge is 0.385 e. The minimum atomic E-state index is 0.114. The predicted molar refractivity (Wildman–Crippen MR) is 67.2 cm³/mol. The van der Waals surface area contributed by atoms with E-state index in [1.165, 1.54) is 0 Å². The summed E-state index contributed by atoms with van der Waals surface area (Å²) in [5.41, 5.74) is 5.55. The predicted octanol–water partition coefficient (Wildman–Crippen LogP) is 0.810. The topological polar surface area (TPSA) is 62.9 Å². The first-order valence-corrected chi connectivity index (χ1v) is 6.31. The van der Waals surface area contributed by atoms with E-state index in [0.29, 0.717) is 33.0 Å². The summed E-state index contributed by atoms with van der Waals surface area (Å²) in [4.78, 5) is 0. The van der Waals surface area contributed by atoms with Gasteiger partial charge in [-0.2, -0.15) is 0 Å². The number of hydrogen-bond donors (Lipinski definition) is 1. The van der Waals surface area contributed by atoms with Gasteiger partial charge in [-0.1, -0.05) is 0 Å². The van der Waals surface area contributed by atoms with Crippen LogP contribution in [0.25, 0.3) is 0 Å². The standard InChI is InChI=1S/C12H27NO4/c1-3-17-12(11-13)5-8-16-10-9-15-7-4-6-14-2/h12H,3-11,13H2,1-2H3. The van der Waals surface area contributed by atoms with E-state index in [1.54, 1.807) is 7.11 Å². The van der Waals surface area contributed by atoms with Gasteiger partial charge in [-0.05, 0) is 19.8 Å². The van der Waals surface area contributed by atoms with Crippen molar-refractivity contribution in [3.8, 4) is 0 Å². The highest BCUT2D eigenvalue weighted by Gasteiger charge is 2.04. The van der Waals surface area contributed by atoms with Gasteiger partial charge in [-0.15, -0.1) is 0 Å². The lowest BCUT2D eigenvalue weighted by Gasteiger charge is -2.14. The average molecular weight is 249 g/mol. The normalized spacial score (nSPS) is 12.9. The van der Waals surface area contributed by atoms with Crippen molar-refractivity contribution in [2.24, 2.45) is 5.73 Å². The van der Waals surface area contributed by atoms with Crippen LogP contribution in [-0.2, 0) is 18.9 Å². The lowest BCUT2D eigenvalue weighted by Crippen LogP contribution is -2.25. The highest BCUT2D eigenvalue weighted by atomic mass is 16.5. The Balaban J connectivity index is 3.11. The van der Waals surface area contributed by atoms with Crippen molar-refractivity contribution < 1.29 is 18.9 Å². The Morgan fingerprint density at radius 1 is 1.00 bits per heavy atom. The van der Waals surface area contributed by atoms with Crippen LogP contribution in [0.3, 0.4) is 0 Å². The SMILES string of the molecule is CCOC(CN)CCOCCOCCCOC. The molecule has 1 unspecified atom stereocenters. The molecule has 0 spiro atoms. The number of hydrogen-bond acceptors (Lipinski definition) is 5. The molecule has 2 N–H and O–H groups in total. The van der Waals surface area contributed by atoms with Gasteiger partial charge in [0.05, 0.1) is 19.3 Å². The van der Waals surface area contributed by atoms with E-state index in [0.717, 1.165) is 26.1 Å². The Kier molecular flexibility index (Phi) is 13.7. The Labute approximate surface area is 105 Å². The van der Waals surface area contributed by atoms with Crippen LogP contribution in [0.2, 0.25) is 0 Å². The summed E-state index contributed by atoms with van der Waals surface area (Å²) in [6, 6.07) is 0. The fraction of sp³-hybridized carbons (Fsp3) is 1.00. The van der Waals surface area contributed by atoms with Gasteiger partial charge in [0.15, 0.2) is 0 Å². The van der Waals surface area contributed by atoms with Gasteiger partial charge in [-0.25, -0.2) is 0 Å². The minimum absolute atomic E-state index is 0.114. The van der Waals surface area contributed by atoms with E-state index in [4.69, 9.17) is 24.7 Å². The summed E-state index contributed by atoms with van der Waals surface area (Å²) in [5.74, 6) is 0. The molecule has 5 heteroatoms. The maximum Gasteiger partial charge on any atom is 0.0719 e. The number of nitrogens with two attached hydrogens (primary N) is 1. The molecule has 0 aliphatic heterocycles. The van der Waals surface area contributed by atoms with Gasteiger partial charge in [0, 0.05) is 40.1 Å². The van der Waals surface area contributed by atoms with Crippen molar-refractivity contribution in [2.45, 2.75) is 25.9 Å². The third kappa shape index (κ3) is 12.1. The zero-order chi connectivity index (χ0) is 12.8. The van der Waals surface area contributed by atoms with Crippen LogP contribution in [0.5, 0.6) is 0 Å². The molecule has 0 fully saturated rings. The van der Waals surface area contributed by atoms with Gasteiger partial charge < -0.3 is 24.7 Å². The monoisotopic (exact) mass is 249 g/mol. The second kappa shape index (κ2) is 13.9. The smallest absolute Gasteiger partial charge is 0.0719 e. The molecule has 0 aromatic heterocycles. The van der Waals surface area contributed by atoms with Crippen LogP contribution >= 0.6 is 0 Å². The first-order valence-electron chi connectivity index (χ1n) is 6.31. The number of rotatable bonds is 13. The molecule has 17 heavy (non-hydrogen) atoms. The van der Waals surface area contributed by atoms with E-state index >= 15 is 0 Å². The highest BCUT2D eigenvalue weighted by molar-refractivity contribution is 4.57. The van der Waals surface area contributed by atoms with Crippen LogP contribution in [0.4, 0.5) is 0 Å². The zero-order valence-corrected chi connectivity index (χ0v) is 11.2. The maximum atomic E-state index is 5.55. The molecule has 0 rings (SSSR count). The molecule has 0 aliphatic rings. The zero-order valence-electron chi connectivity index (χ0n) is 11.2. The molecular weight excluding hydrogens is 222 g/mol. The summed E-state index contributed by atoms with van der Waals surface area (Å²) in [6.45, 7) is 6.60. The second-order valence-corrected chi connectivity index (χ2v) is 3.67. The Hall–Kier alpha value is -0.200. The molecule has 0 radical (unpaired) electrons. The van der Waals surface area contributed by atoms with Crippen molar-refractivity contribution in [2.75, 3.05) is 53.3 Å². The lowest BCUT2D eigenvalue weighted by molar-refractivity contribution is 0.0105. The number of methoxy groups -OCH3 is 1. The molecule has 0 aliphatic carbocycles. The fourth-order valence-electron chi connectivity index (χ4n) is 1.35. The third-order valence-electron chi connectivity index (χ3n) is 2.26. The van der Waals surface area contributed by atoms with E-state index < -0.39 is 0 Å². The minimum Gasteiger partial charge on any atom is -0.385 e. The molecule has 0 aromatic carbocycles. The molecule has 0 bridgehead atoms. The van der Waals surface area contributed by atoms with Crippen LogP contribution in [0.15, 0.2) is 0 Å². The van der Waals surface area contributed by atoms with Gasteiger partial charge >= 0.3 is 0 Å². The molecule has 0 saturated heterocycles. The van der Waals surface area contributed by atoms with Crippen LogP contribution in [0, 0.1) is 0 Å². The van der Waals surface area contributed by atoms with Gasteiger partial charge in [0.2, 0.25) is 0 Å². The van der Waals surface area contributed by atoms with Crippen LogP contribution < -0.4 is 5.73 Å². The maximum absolute atomic E-state index is 5.55. The summed E-state index contributed by atoms with van der Waals surface area (Å²) < 4.78 is 21.1. The Morgan fingerprint density at radius 3 is 2.29 bits per heavy atom. The van der Waals surface area contributed by atoms with Gasteiger partial charge in [0.25, 0.3) is 0 Å². The van der Waals surface area contributed by atoms with Crippen molar-refractivity contribution in [1.82, 2.24) is 0 Å². The summed E-state index contributed by atoms with van der Waals surface area (Å²) >= 11 is 0. The van der Waals surface area contributed by atoms with E-state index in [2.05, 4.69) is 0 Å². The van der Waals surface area contributed by atoms with Gasteiger partial charge in [0.1, 0.15) is 0 Å². The Morgan fingerprint density at radius 2 is 1.71 bits per heavy atom. The Bertz CT molecular complexity index is 146. The van der Waals surface area contributed by atoms with Crippen molar-refractivity contribution in [1.29, 1.82) is 0 Å². The van der Waals surface area contributed by atoms with Gasteiger partial charge in [-0.3, -0.25) is 0 Å². The molecule has 0 saturated carbocycles. The first kappa shape index (κ1) is 16.8. The van der Waals surface area contributed by atoms with Crippen molar-refractivity contribution in [3.05, 3.63) is 0 Å². The van der Waals surface area contributed by atoms with Crippen molar-refractivity contribution in [3.63, 3.8) is 0 Å². The molecular formula is C12H27NO4. The number of ether oxygens (including phenoxy) is 4. The average Bonchev–Trinajstić information content (AvgIpc) is 2.35. The highest BCUT2D eigenvalue weighted by Crippen LogP contribution is 1.97. The third-order valence-corrected chi connectivity index (χ3v) is 2.26. The summed E-state index contributed by atoms with van der Waals surface area (Å²) in [5, 5.41) is 0. The summed E-state index contributed by atoms with van der Waals surface area (Å²) in [7, 11) is 1.69. The molecule has 5 nitrogen and oxygen atoms in total. The van der Waals surface area contributed by atoms with E-state index in [1.807, 2.05) is 6.92 Å². The molecule has 0 heterocycles. The fourth-order valence-corrected chi connectivity index (χ4v) is 1.35. The van der Waals surface area contributed by atoms with Crippen LogP contribution in [0.1, 0.15) is 19.8 Å². The second-order valence-electron chi connectivity index (χ2n) is 3.67. The lowest BCUT2D eigenvalue weighted by atomic mass is 10.2. The first-order chi connectivity index (χ1) is 8.35. The quantitative estimate of drug-likeness (QED) is 0.489. The van der Waals surface area contributed by atoms with Crippen LogP contribution in [-0.4, -0.2) is 59.4 Å². The van der Waals surface area contributed by atoms with Crippen molar-refractivity contribution >= 4 is 0 Å². The molecule has 0 aromatic rings. The molecule has 0 amide bonds. The molecule has 1 atom stereocenters. The molecule has 104 valence electrons. The van der Waals surface area contributed by atoms with E-state index in [9.17, 15) is 0 Å². The van der Waals surface area contributed by atoms with E-state index in [-0.39, 0.29) is 6.10 Å².